The van der Waals surface area contributed by atoms with Crippen LogP contribution in [0.3, 0.4) is 0 Å². The number of hydrogen-bond donors (Lipinski definition) is 4. The number of nitrogens with zero attached hydrogens (tertiary/aromatic N) is 1. The smallest absolute Gasteiger partial charge is 0.271 e. The number of aryl methyl sites for hydroxylation is 2. The fraction of sp³-hybridized carbons (Fsp3) is 0.200. The number of phenolic OH excluding ortho intramolecular Hbond substituents is 2. The van der Waals surface area contributed by atoms with E-state index >= 15 is 0 Å². The summed E-state index contributed by atoms with van der Waals surface area (Å²) in [6, 6.07) is 9.76. The average Bonchev–Trinajstić information content (AvgIpc) is 3.01. The molecule has 26 heavy (non-hydrogen) atoms. The van der Waals surface area contributed by atoms with Crippen molar-refractivity contribution < 1.29 is 15.0 Å². The lowest BCUT2D eigenvalue weighted by Gasteiger charge is -2.10. The topological polar surface area (TPSA) is 97.7 Å². The molecule has 3 aromatic rings. The quantitative estimate of drug-likeness (QED) is 0.432. The van der Waals surface area contributed by atoms with Crippen LogP contribution in [0.1, 0.15) is 40.0 Å². The molecule has 1 aromatic heterocycles. The van der Waals surface area contributed by atoms with Crippen LogP contribution >= 0.6 is 0 Å². The molecule has 132 valence electrons. The first-order chi connectivity index (χ1) is 12.6. The predicted molar refractivity (Wildman–Crippen MR) is 99.8 cm³/mol. The first-order valence-corrected chi connectivity index (χ1v) is 8.60. The van der Waals surface area contributed by atoms with Gasteiger partial charge in [-0.2, -0.15) is 5.10 Å². The Morgan fingerprint density at radius 2 is 1.96 bits per heavy atom. The number of benzene rings is 2. The van der Waals surface area contributed by atoms with E-state index < -0.39 is 0 Å². The van der Waals surface area contributed by atoms with E-state index in [1.165, 1.54) is 48.5 Å². The lowest BCUT2D eigenvalue weighted by atomic mass is 9.95. The summed E-state index contributed by atoms with van der Waals surface area (Å²) in [7, 11) is 0. The molecule has 4 rings (SSSR count). The minimum atomic E-state index is -0.313. The fourth-order valence-corrected chi connectivity index (χ4v) is 3.41. The Balaban J connectivity index is 1.53. The summed E-state index contributed by atoms with van der Waals surface area (Å²) >= 11 is 0. The maximum absolute atomic E-state index is 12.4. The largest absolute Gasteiger partial charge is 0.508 e. The number of carbonyl (C=O) groups excluding carboxylic acids is 1. The number of amides is 1. The van der Waals surface area contributed by atoms with E-state index in [-0.39, 0.29) is 17.4 Å². The summed E-state index contributed by atoms with van der Waals surface area (Å²) in [5.74, 6) is -0.456. The van der Waals surface area contributed by atoms with Crippen LogP contribution in [0.5, 0.6) is 11.5 Å². The van der Waals surface area contributed by atoms with E-state index in [1.807, 2.05) is 12.1 Å². The van der Waals surface area contributed by atoms with Crippen molar-refractivity contribution in [2.75, 3.05) is 0 Å². The summed E-state index contributed by atoms with van der Waals surface area (Å²) in [5.41, 5.74) is 7.07. The number of aromatic hydroxyl groups is 2. The average molecular weight is 349 g/mol. The van der Waals surface area contributed by atoms with E-state index in [9.17, 15) is 15.0 Å². The molecule has 0 fully saturated rings. The van der Waals surface area contributed by atoms with Gasteiger partial charge in [0.1, 0.15) is 11.5 Å². The number of nitrogens with one attached hydrogen (secondary N) is 2. The molecule has 0 radical (unpaired) electrons. The first-order valence-electron chi connectivity index (χ1n) is 8.60. The molecule has 0 bridgehead atoms. The standard InChI is InChI=1S/C20H19N3O3/c24-14-7-5-13(19(25)10-14)11-21-23-20(26)12-6-8-18-16(9-12)15-3-1-2-4-17(15)22-18/h5-11,22,24-25H,1-4H2,(H,23,26)/b21-11+. The van der Waals surface area contributed by atoms with E-state index in [0.29, 0.717) is 11.1 Å². The molecule has 0 saturated heterocycles. The third-order valence-electron chi connectivity index (χ3n) is 4.74. The highest BCUT2D eigenvalue weighted by molar-refractivity contribution is 5.99. The van der Waals surface area contributed by atoms with Gasteiger partial charge in [-0.25, -0.2) is 5.43 Å². The molecule has 2 aromatic carbocycles. The van der Waals surface area contributed by atoms with Gasteiger partial charge < -0.3 is 15.2 Å². The van der Waals surface area contributed by atoms with Crippen LogP contribution in [-0.2, 0) is 12.8 Å². The summed E-state index contributed by atoms with van der Waals surface area (Å²) in [4.78, 5) is 15.8. The molecule has 0 spiro atoms. The van der Waals surface area contributed by atoms with Gasteiger partial charge in [-0.05, 0) is 61.6 Å². The van der Waals surface area contributed by atoms with Gasteiger partial charge in [0.25, 0.3) is 5.91 Å². The Hall–Kier alpha value is -3.28. The molecule has 1 aliphatic carbocycles. The maximum atomic E-state index is 12.4. The number of hydrogen-bond acceptors (Lipinski definition) is 4. The second-order valence-electron chi connectivity index (χ2n) is 6.49. The highest BCUT2D eigenvalue weighted by atomic mass is 16.3. The van der Waals surface area contributed by atoms with Crippen LogP contribution in [0.4, 0.5) is 0 Å². The molecule has 4 N–H and O–H groups in total. The van der Waals surface area contributed by atoms with E-state index in [1.54, 1.807) is 6.07 Å². The van der Waals surface area contributed by atoms with Crippen molar-refractivity contribution in [2.24, 2.45) is 5.10 Å². The van der Waals surface area contributed by atoms with Gasteiger partial charge in [-0.1, -0.05) is 0 Å². The molecule has 6 heteroatoms. The molecule has 0 aliphatic heterocycles. The second kappa shape index (κ2) is 6.55. The van der Waals surface area contributed by atoms with Crippen LogP contribution in [0.15, 0.2) is 41.5 Å². The van der Waals surface area contributed by atoms with Crippen LogP contribution < -0.4 is 5.43 Å². The zero-order valence-electron chi connectivity index (χ0n) is 14.1. The SMILES string of the molecule is O=C(N/N=C/c1ccc(O)cc1O)c1ccc2[nH]c3c(c2c1)CCCC3. The summed E-state index contributed by atoms with van der Waals surface area (Å²) < 4.78 is 0. The lowest BCUT2D eigenvalue weighted by Crippen LogP contribution is -2.17. The molecule has 1 amide bonds. The van der Waals surface area contributed by atoms with Gasteiger partial charge in [-0.3, -0.25) is 4.79 Å². The van der Waals surface area contributed by atoms with E-state index in [0.717, 1.165) is 23.7 Å². The number of aromatic nitrogens is 1. The Labute approximate surface area is 150 Å². The van der Waals surface area contributed by atoms with Gasteiger partial charge in [-0.15, -0.1) is 0 Å². The van der Waals surface area contributed by atoms with Crippen molar-refractivity contribution in [1.82, 2.24) is 10.4 Å². The molecule has 6 nitrogen and oxygen atoms in total. The monoisotopic (exact) mass is 349 g/mol. The molecule has 0 unspecified atom stereocenters. The van der Waals surface area contributed by atoms with Crippen LogP contribution in [0.25, 0.3) is 10.9 Å². The lowest BCUT2D eigenvalue weighted by molar-refractivity contribution is 0.0955. The summed E-state index contributed by atoms with van der Waals surface area (Å²) in [6.45, 7) is 0. The van der Waals surface area contributed by atoms with Crippen molar-refractivity contribution >= 4 is 23.0 Å². The molecule has 1 aliphatic rings. The summed E-state index contributed by atoms with van der Waals surface area (Å²) in [6.07, 6.45) is 5.82. The number of H-pyrrole nitrogens is 1. The molecule has 1 heterocycles. The number of rotatable bonds is 3. The fourth-order valence-electron chi connectivity index (χ4n) is 3.41. The van der Waals surface area contributed by atoms with Gasteiger partial charge in [0, 0.05) is 33.8 Å². The Morgan fingerprint density at radius 3 is 2.81 bits per heavy atom. The third-order valence-corrected chi connectivity index (χ3v) is 4.74. The van der Waals surface area contributed by atoms with Gasteiger partial charge in [0.05, 0.1) is 6.21 Å². The highest BCUT2D eigenvalue weighted by Crippen LogP contribution is 2.29. The molecule has 0 atom stereocenters. The van der Waals surface area contributed by atoms with Crippen molar-refractivity contribution in [3.8, 4) is 11.5 Å². The van der Waals surface area contributed by atoms with E-state index in [2.05, 4.69) is 15.5 Å². The van der Waals surface area contributed by atoms with Gasteiger partial charge in [0.15, 0.2) is 0 Å². The summed E-state index contributed by atoms with van der Waals surface area (Å²) in [5, 5.41) is 24.0. The Kier molecular flexibility index (Phi) is 4.08. The van der Waals surface area contributed by atoms with E-state index in [4.69, 9.17) is 0 Å². The van der Waals surface area contributed by atoms with Gasteiger partial charge in [0.2, 0.25) is 0 Å². The van der Waals surface area contributed by atoms with Crippen molar-refractivity contribution in [1.29, 1.82) is 0 Å². The van der Waals surface area contributed by atoms with Crippen molar-refractivity contribution in [2.45, 2.75) is 25.7 Å². The molecule has 0 saturated carbocycles. The molecular weight excluding hydrogens is 330 g/mol. The van der Waals surface area contributed by atoms with Crippen molar-refractivity contribution in [3.05, 3.63) is 58.8 Å². The van der Waals surface area contributed by atoms with Crippen molar-refractivity contribution in [3.63, 3.8) is 0 Å². The number of carbonyl (C=O) groups is 1. The normalized spacial score (nSPS) is 13.8. The highest BCUT2D eigenvalue weighted by Gasteiger charge is 2.16. The first kappa shape index (κ1) is 16.2. The van der Waals surface area contributed by atoms with Gasteiger partial charge >= 0.3 is 0 Å². The Bertz CT molecular complexity index is 1020. The minimum Gasteiger partial charge on any atom is -0.508 e. The number of hydrazone groups is 1. The zero-order valence-corrected chi connectivity index (χ0v) is 14.1. The van der Waals surface area contributed by atoms with Crippen LogP contribution in [0.2, 0.25) is 0 Å². The van der Waals surface area contributed by atoms with Crippen LogP contribution in [0, 0.1) is 0 Å². The zero-order chi connectivity index (χ0) is 18.1. The minimum absolute atomic E-state index is 0.0353. The predicted octanol–water partition coefficient (Wildman–Crippen LogP) is 3.22. The number of fused-ring (bicyclic) bond motifs is 3. The Morgan fingerprint density at radius 1 is 1.12 bits per heavy atom. The maximum Gasteiger partial charge on any atom is 0.271 e. The number of aromatic amines is 1. The third kappa shape index (κ3) is 3.01. The second-order valence-corrected chi connectivity index (χ2v) is 6.49. The number of phenols is 2. The molecular formula is C20H19N3O3. The van der Waals surface area contributed by atoms with Crippen LogP contribution in [-0.4, -0.2) is 27.3 Å².